The molecule has 9 heavy (non-hydrogen) atoms. The van der Waals surface area contributed by atoms with E-state index in [1.807, 2.05) is 6.92 Å². The molecule has 54 valence electrons. The van der Waals surface area contributed by atoms with Gasteiger partial charge in [-0.25, -0.2) is 0 Å². The molecule has 0 aromatic carbocycles. The molecule has 0 bridgehead atoms. The average molecular weight is 146 g/mol. The molecule has 0 saturated heterocycles. The van der Waals surface area contributed by atoms with Crippen LogP contribution in [0.1, 0.15) is 20.8 Å². The molecule has 0 unspecified atom stereocenters. The van der Waals surface area contributed by atoms with Crippen molar-refractivity contribution >= 4 is 17.3 Å². The fraction of sp³-hybridized carbons (Fsp3) is 0.833. The van der Waals surface area contributed by atoms with Crippen LogP contribution < -0.4 is 10.6 Å². The molecule has 0 radical (unpaired) electrons. The van der Waals surface area contributed by atoms with Crippen molar-refractivity contribution in [1.82, 2.24) is 10.6 Å². The molecule has 0 spiro atoms. The summed E-state index contributed by atoms with van der Waals surface area (Å²) >= 11 is 4.91. The second-order valence-electron chi connectivity index (χ2n) is 2.16. The topological polar surface area (TPSA) is 24.1 Å². The molecular formula is C6H14N2S. The van der Waals surface area contributed by atoms with E-state index in [1.54, 1.807) is 0 Å². The number of nitrogens with one attached hydrogen (secondary N) is 2. The number of rotatable bonds is 2. The lowest BCUT2D eigenvalue weighted by molar-refractivity contribution is 0.717. The van der Waals surface area contributed by atoms with Gasteiger partial charge >= 0.3 is 0 Å². The zero-order valence-corrected chi connectivity index (χ0v) is 7.01. The van der Waals surface area contributed by atoms with E-state index < -0.39 is 0 Å². The first-order valence-electron chi connectivity index (χ1n) is 3.21. The van der Waals surface area contributed by atoms with E-state index in [4.69, 9.17) is 12.2 Å². The van der Waals surface area contributed by atoms with E-state index in [1.165, 1.54) is 0 Å². The highest BCUT2D eigenvalue weighted by molar-refractivity contribution is 7.80. The standard InChI is InChI=1S/C6H14N2S/c1-4-7-6(9)8-5(2)3/h5H,4H2,1-3H3,(H2,7,8,9). The van der Waals surface area contributed by atoms with Gasteiger partial charge < -0.3 is 10.6 Å². The largest absolute Gasteiger partial charge is 0.363 e. The molecule has 2 nitrogen and oxygen atoms in total. The molecule has 0 aliphatic rings. The number of hydrogen-bond donors (Lipinski definition) is 2. The van der Waals surface area contributed by atoms with Gasteiger partial charge in [0, 0.05) is 12.6 Å². The van der Waals surface area contributed by atoms with E-state index in [0.717, 1.165) is 11.7 Å². The minimum Gasteiger partial charge on any atom is -0.363 e. The third-order valence-electron chi connectivity index (χ3n) is 0.757. The fourth-order valence-electron chi connectivity index (χ4n) is 0.474. The van der Waals surface area contributed by atoms with Crippen LogP contribution in [0.3, 0.4) is 0 Å². The van der Waals surface area contributed by atoms with Gasteiger partial charge in [0.15, 0.2) is 5.11 Å². The highest BCUT2D eigenvalue weighted by Crippen LogP contribution is 1.75. The van der Waals surface area contributed by atoms with Crippen molar-refractivity contribution in [2.24, 2.45) is 0 Å². The molecule has 0 aromatic rings. The van der Waals surface area contributed by atoms with E-state index in [9.17, 15) is 0 Å². The quantitative estimate of drug-likeness (QED) is 0.565. The molecule has 2 N–H and O–H groups in total. The number of thiocarbonyl (C=S) groups is 1. The van der Waals surface area contributed by atoms with Gasteiger partial charge in [-0.3, -0.25) is 0 Å². The third-order valence-corrected chi connectivity index (χ3v) is 1.02. The monoisotopic (exact) mass is 146 g/mol. The van der Waals surface area contributed by atoms with Gasteiger partial charge in [-0.15, -0.1) is 0 Å². The first-order valence-corrected chi connectivity index (χ1v) is 3.62. The van der Waals surface area contributed by atoms with E-state index in [2.05, 4.69) is 24.5 Å². The lowest BCUT2D eigenvalue weighted by atomic mass is 10.4. The van der Waals surface area contributed by atoms with Gasteiger partial charge in [-0.2, -0.15) is 0 Å². The van der Waals surface area contributed by atoms with Crippen molar-refractivity contribution < 1.29 is 0 Å². The summed E-state index contributed by atoms with van der Waals surface area (Å²) in [6.45, 7) is 7.03. The zero-order valence-electron chi connectivity index (χ0n) is 6.19. The van der Waals surface area contributed by atoms with E-state index in [-0.39, 0.29) is 0 Å². The lowest BCUT2D eigenvalue weighted by Gasteiger charge is -2.10. The second kappa shape index (κ2) is 4.56. The van der Waals surface area contributed by atoms with Gasteiger partial charge in [0.1, 0.15) is 0 Å². The van der Waals surface area contributed by atoms with Crippen molar-refractivity contribution in [1.29, 1.82) is 0 Å². The maximum atomic E-state index is 4.91. The summed E-state index contributed by atoms with van der Waals surface area (Å²) in [7, 11) is 0. The molecule has 3 heteroatoms. The van der Waals surface area contributed by atoms with Gasteiger partial charge in [0.2, 0.25) is 0 Å². The highest BCUT2D eigenvalue weighted by Gasteiger charge is 1.93. The van der Waals surface area contributed by atoms with Crippen LogP contribution in [0, 0.1) is 0 Å². The Balaban J connectivity index is 3.27. The van der Waals surface area contributed by atoms with Crippen LogP contribution in [0.25, 0.3) is 0 Å². The zero-order chi connectivity index (χ0) is 7.28. The van der Waals surface area contributed by atoms with Crippen LogP contribution in [0.5, 0.6) is 0 Å². The first-order chi connectivity index (χ1) is 4.16. The summed E-state index contributed by atoms with van der Waals surface area (Å²) < 4.78 is 0. The predicted molar refractivity (Wildman–Crippen MR) is 44.5 cm³/mol. The maximum absolute atomic E-state index is 4.91. The Morgan fingerprint density at radius 3 is 2.44 bits per heavy atom. The molecule has 0 fully saturated rings. The van der Waals surface area contributed by atoms with Gasteiger partial charge in [0.25, 0.3) is 0 Å². The minimum absolute atomic E-state index is 0.427. The Bertz CT molecular complexity index is 91.1. The molecule has 0 atom stereocenters. The Morgan fingerprint density at radius 1 is 1.56 bits per heavy atom. The van der Waals surface area contributed by atoms with Crippen molar-refractivity contribution in [2.75, 3.05) is 6.54 Å². The minimum atomic E-state index is 0.427. The van der Waals surface area contributed by atoms with Crippen LogP contribution >= 0.6 is 12.2 Å². The molecule has 0 aromatic heterocycles. The fourth-order valence-corrected chi connectivity index (χ4v) is 0.854. The van der Waals surface area contributed by atoms with Crippen LogP contribution in [-0.2, 0) is 0 Å². The maximum Gasteiger partial charge on any atom is 0.166 e. The lowest BCUT2D eigenvalue weighted by Crippen LogP contribution is -2.38. The van der Waals surface area contributed by atoms with Crippen LogP contribution in [0.15, 0.2) is 0 Å². The summed E-state index contributed by atoms with van der Waals surface area (Å²) in [5, 5.41) is 6.80. The van der Waals surface area contributed by atoms with Crippen molar-refractivity contribution in [3.8, 4) is 0 Å². The Morgan fingerprint density at radius 2 is 2.11 bits per heavy atom. The molecule has 0 saturated carbocycles. The van der Waals surface area contributed by atoms with Crippen molar-refractivity contribution in [2.45, 2.75) is 26.8 Å². The molecular weight excluding hydrogens is 132 g/mol. The first kappa shape index (κ1) is 8.69. The van der Waals surface area contributed by atoms with Gasteiger partial charge in [-0.05, 0) is 33.0 Å². The molecule has 0 aliphatic heterocycles. The van der Waals surface area contributed by atoms with E-state index in [0.29, 0.717) is 6.04 Å². The normalized spacial score (nSPS) is 9.33. The summed E-state index contributed by atoms with van der Waals surface area (Å²) in [5.74, 6) is 0. The Labute approximate surface area is 62.0 Å². The Hall–Kier alpha value is -0.310. The summed E-state index contributed by atoms with van der Waals surface area (Å²) in [4.78, 5) is 0. The smallest absolute Gasteiger partial charge is 0.166 e. The molecule has 0 amide bonds. The number of hydrogen-bond acceptors (Lipinski definition) is 1. The predicted octanol–water partition coefficient (Wildman–Crippen LogP) is 0.879. The molecule has 0 aliphatic carbocycles. The summed E-state index contributed by atoms with van der Waals surface area (Å²) in [6.07, 6.45) is 0. The van der Waals surface area contributed by atoms with Gasteiger partial charge in [-0.1, -0.05) is 0 Å². The highest BCUT2D eigenvalue weighted by atomic mass is 32.1. The third kappa shape index (κ3) is 5.56. The van der Waals surface area contributed by atoms with Crippen LogP contribution in [0.4, 0.5) is 0 Å². The van der Waals surface area contributed by atoms with Crippen LogP contribution in [-0.4, -0.2) is 17.7 Å². The summed E-state index contributed by atoms with van der Waals surface area (Å²) in [5.41, 5.74) is 0. The van der Waals surface area contributed by atoms with E-state index >= 15 is 0 Å². The molecule has 0 heterocycles. The van der Waals surface area contributed by atoms with Crippen molar-refractivity contribution in [3.63, 3.8) is 0 Å². The molecule has 0 rings (SSSR count). The van der Waals surface area contributed by atoms with Crippen LogP contribution in [0.2, 0.25) is 0 Å². The average Bonchev–Trinajstić information content (AvgIpc) is 1.63. The SMILES string of the molecule is CCNC(=S)NC(C)C. The second-order valence-corrected chi connectivity index (χ2v) is 2.57. The Kier molecular flexibility index (Phi) is 4.40. The van der Waals surface area contributed by atoms with Crippen molar-refractivity contribution in [3.05, 3.63) is 0 Å². The summed E-state index contributed by atoms with van der Waals surface area (Å²) in [6, 6.07) is 0.427. The van der Waals surface area contributed by atoms with Gasteiger partial charge in [0.05, 0.1) is 0 Å².